The maximum absolute atomic E-state index is 10.1. The quantitative estimate of drug-likeness (QED) is 0.357. The average molecular weight is 155 g/mol. The smallest absolute Gasteiger partial charge is 0.373 e. The molecule has 8 heavy (non-hydrogen) atoms. The topological polar surface area (TPSA) is 69.6 Å². The summed E-state index contributed by atoms with van der Waals surface area (Å²) in [4.78, 5) is 16.4. The first kappa shape index (κ1) is 8.04. The molecule has 0 radical (unpaired) electrons. The van der Waals surface area contributed by atoms with Gasteiger partial charge in [0.15, 0.2) is 4.73 Å². The second kappa shape index (κ2) is 2.55. The van der Waals surface area contributed by atoms with Crippen LogP contribution in [0.2, 0.25) is 0 Å². The summed E-state index contributed by atoms with van der Waals surface area (Å²) in [6.45, 7) is 0. The van der Waals surface area contributed by atoms with Crippen molar-refractivity contribution in [3.63, 3.8) is 0 Å². The van der Waals surface area contributed by atoms with E-state index in [2.05, 4.69) is 17.5 Å². The van der Waals surface area contributed by atoms with Crippen molar-refractivity contribution in [2.45, 2.75) is 0 Å². The lowest BCUT2D eigenvalue weighted by Gasteiger charge is -2.01. The lowest BCUT2D eigenvalue weighted by molar-refractivity contribution is 0.390. The van der Waals surface area contributed by atoms with E-state index in [0.717, 1.165) is 0 Å². The van der Waals surface area contributed by atoms with Gasteiger partial charge in [0.1, 0.15) is 0 Å². The maximum Gasteiger partial charge on any atom is 0.383 e. The molecule has 0 aliphatic rings. The first-order valence-corrected chi connectivity index (χ1v) is 3.78. The van der Waals surface area contributed by atoms with Gasteiger partial charge in [-0.15, -0.1) is 0 Å². The van der Waals surface area contributed by atoms with Crippen LogP contribution in [0.1, 0.15) is 0 Å². The highest BCUT2D eigenvalue weighted by molar-refractivity contribution is 7.97. The zero-order valence-electron chi connectivity index (χ0n) is 4.16. The van der Waals surface area contributed by atoms with Crippen molar-refractivity contribution >= 4 is 24.5 Å². The molecule has 0 fully saturated rings. The lowest BCUT2D eigenvalue weighted by Crippen LogP contribution is -2.14. The molecule has 48 valence electrons. The molecule has 0 aromatic rings. The zero-order valence-corrected chi connectivity index (χ0v) is 5.87. The van der Waals surface area contributed by atoms with Gasteiger partial charge in [-0.3, -0.25) is 4.57 Å². The molecular weight excluding hydrogens is 149 g/mol. The van der Waals surface area contributed by atoms with Crippen molar-refractivity contribution in [1.29, 1.82) is 0 Å². The Morgan fingerprint density at radius 2 is 2.12 bits per heavy atom. The van der Waals surface area contributed by atoms with Gasteiger partial charge in [0.25, 0.3) is 0 Å². The minimum Gasteiger partial charge on any atom is -0.373 e. The van der Waals surface area contributed by atoms with Gasteiger partial charge in [-0.1, -0.05) is 12.2 Å². The molecular formula is C2H6NO3PS. The molecule has 0 aliphatic carbocycles. The highest BCUT2D eigenvalue weighted by Crippen LogP contribution is 2.34. The summed E-state index contributed by atoms with van der Waals surface area (Å²) < 4.78 is 9.63. The van der Waals surface area contributed by atoms with Gasteiger partial charge in [0.05, 0.1) is 0 Å². The molecule has 0 heterocycles. The monoisotopic (exact) mass is 155 g/mol. The standard InChI is InChI=1S/C2H6NO3PS/c1-3-2(8)7(4,5)6/h1H3,(H,3,8)(H2,4,5,6). The summed E-state index contributed by atoms with van der Waals surface area (Å²) in [7, 11) is -2.77. The van der Waals surface area contributed by atoms with E-state index < -0.39 is 12.3 Å². The molecule has 0 atom stereocenters. The molecule has 0 unspecified atom stereocenters. The Labute approximate surface area is 52.1 Å². The van der Waals surface area contributed by atoms with Crippen LogP contribution in [0.5, 0.6) is 0 Å². The Morgan fingerprint density at radius 3 is 2.12 bits per heavy atom. The molecule has 0 rings (SSSR count). The fourth-order valence-corrected chi connectivity index (χ4v) is 0.437. The molecule has 0 aromatic heterocycles. The lowest BCUT2D eigenvalue weighted by atomic mass is 11.2. The van der Waals surface area contributed by atoms with Crippen LogP contribution in [0.3, 0.4) is 0 Å². The van der Waals surface area contributed by atoms with Crippen molar-refractivity contribution in [2.75, 3.05) is 7.05 Å². The van der Waals surface area contributed by atoms with Crippen LogP contribution in [0.25, 0.3) is 0 Å². The van der Waals surface area contributed by atoms with Crippen molar-refractivity contribution in [3.8, 4) is 0 Å². The summed E-state index contributed by atoms with van der Waals surface area (Å²) in [6.07, 6.45) is 0. The highest BCUT2D eigenvalue weighted by atomic mass is 32.1. The van der Waals surface area contributed by atoms with Crippen LogP contribution in [0.15, 0.2) is 0 Å². The maximum atomic E-state index is 10.1. The van der Waals surface area contributed by atoms with Crippen molar-refractivity contribution in [1.82, 2.24) is 5.32 Å². The summed E-state index contributed by atoms with van der Waals surface area (Å²) in [5, 5.41) is 2.17. The molecule has 0 bridgehead atoms. The van der Waals surface area contributed by atoms with Crippen LogP contribution in [0, 0.1) is 0 Å². The average Bonchev–Trinajstić information content (AvgIpc) is 1.62. The predicted octanol–water partition coefficient (Wildman–Crippen LogP) is -0.332. The summed E-state index contributed by atoms with van der Waals surface area (Å²) in [5.74, 6) is 0. The second-order valence-electron chi connectivity index (χ2n) is 1.10. The van der Waals surface area contributed by atoms with Gasteiger partial charge in [0, 0.05) is 7.05 Å². The Kier molecular flexibility index (Phi) is 2.56. The molecule has 0 aromatic carbocycles. The van der Waals surface area contributed by atoms with E-state index in [1.54, 1.807) is 0 Å². The van der Waals surface area contributed by atoms with E-state index in [1.165, 1.54) is 7.05 Å². The SMILES string of the molecule is CNC(=S)P(=O)(O)O. The molecule has 0 saturated carbocycles. The predicted molar refractivity (Wildman–Crippen MR) is 33.7 cm³/mol. The number of nitrogens with one attached hydrogen (secondary N) is 1. The fourth-order valence-electron chi connectivity index (χ4n) is 0.146. The van der Waals surface area contributed by atoms with Gasteiger partial charge in [-0.2, -0.15) is 0 Å². The van der Waals surface area contributed by atoms with Gasteiger partial charge >= 0.3 is 7.60 Å². The van der Waals surface area contributed by atoms with Crippen molar-refractivity contribution in [3.05, 3.63) is 0 Å². The summed E-state index contributed by atoms with van der Waals surface area (Å²) in [6, 6.07) is 0. The Balaban J connectivity index is 4.04. The molecule has 3 N–H and O–H groups in total. The Bertz CT molecular complexity index is 140. The van der Waals surface area contributed by atoms with E-state index in [0.29, 0.717) is 0 Å². The van der Waals surface area contributed by atoms with Crippen LogP contribution in [0.4, 0.5) is 0 Å². The van der Waals surface area contributed by atoms with Gasteiger partial charge in [0.2, 0.25) is 0 Å². The van der Waals surface area contributed by atoms with E-state index in [9.17, 15) is 4.57 Å². The molecule has 0 saturated heterocycles. The molecule has 0 amide bonds. The summed E-state index contributed by atoms with van der Waals surface area (Å²) >= 11 is 4.22. The molecule has 0 aliphatic heterocycles. The third-order valence-electron chi connectivity index (χ3n) is 0.478. The van der Waals surface area contributed by atoms with Gasteiger partial charge in [-0.05, 0) is 0 Å². The van der Waals surface area contributed by atoms with Crippen LogP contribution in [-0.2, 0) is 4.57 Å². The van der Waals surface area contributed by atoms with Crippen molar-refractivity contribution in [2.24, 2.45) is 0 Å². The normalized spacial score (nSPS) is 10.9. The summed E-state index contributed by atoms with van der Waals surface area (Å²) in [5.41, 5.74) is 0. The Hall–Kier alpha value is 0.0400. The molecule has 0 spiro atoms. The molecule has 4 nitrogen and oxygen atoms in total. The van der Waals surface area contributed by atoms with Crippen LogP contribution < -0.4 is 5.32 Å². The van der Waals surface area contributed by atoms with Crippen molar-refractivity contribution < 1.29 is 14.4 Å². The number of hydrogen-bond donors (Lipinski definition) is 3. The zero-order chi connectivity index (χ0) is 6.78. The minimum absolute atomic E-state index is 0.419. The highest BCUT2D eigenvalue weighted by Gasteiger charge is 2.18. The van der Waals surface area contributed by atoms with E-state index >= 15 is 0 Å². The van der Waals surface area contributed by atoms with Crippen LogP contribution >= 0.6 is 19.8 Å². The number of thiocarbonyl (C=S) groups is 1. The fraction of sp³-hybridized carbons (Fsp3) is 0.500. The van der Waals surface area contributed by atoms with E-state index in [4.69, 9.17) is 9.79 Å². The van der Waals surface area contributed by atoms with Crippen LogP contribution in [-0.4, -0.2) is 21.6 Å². The third-order valence-corrected chi connectivity index (χ3v) is 2.15. The van der Waals surface area contributed by atoms with E-state index in [-0.39, 0.29) is 0 Å². The first-order chi connectivity index (χ1) is 3.48. The second-order valence-corrected chi connectivity index (χ2v) is 3.35. The Morgan fingerprint density at radius 1 is 1.75 bits per heavy atom. The number of rotatable bonds is 1. The largest absolute Gasteiger partial charge is 0.383 e. The van der Waals surface area contributed by atoms with Gasteiger partial charge < -0.3 is 15.1 Å². The number of hydrogen-bond acceptors (Lipinski definition) is 2. The first-order valence-electron chi connectivity index (χ1n) is 1.76. The minimum atomic E-state index is -4.14. The van der Waals surface area contributed by atoms with E-state index in [1.807, 2.05) is 0 Å². The van der Waals surface area contributed by atoms with Gasteiger partial charge in [-0.25, -0.2) is 0 Å². The molecule has 6 heteroatoms. The third kappa shape index (κ3) is 2.37.